The lowest BCUT2D eigenvalue weighted by Crippen LogP contribution is -2.43. The van der Waals surface area contributed by atoms with Crippen molar-refractivity contribution >= 4 is 27.3 Å². The maximum absolute atomic E-state index is 13.7. The zero-order valence-electron chi connectivity index (χ0n) is 22.5. The third kappa shape index (κ3) is 7.39. The van der Waals surface area contributed by atoms with Crippen molar-refractivity contribution in [1.82, 2.24) is 19.4 Å². The Morgan fingerprint density at radius 2 is 1.90 bits per heavy atom. The lowest BCUT2D eigenvalue weighted by Gasteiger charge is -2.30. The van der Waals surface area contributed by atoms with Gasteiger partial charge in [-0.1, -0.05) is 29.8 Å². The standard InChI is InChI=1S/C28H35ClN4O5S/c1-21(2)33-25(18-30-28(33)39(35,36)20-22-6-4-8-24(29)16-22)19-32(11-10-31-12-14-38-15-13-31)27(34)23-7-5-9-26(17-23)37-3/h4-9,16-18,21H,10-15,19-20H2,1-3H3. The molecule has 0 aliphatic carbocycles. The van der Waals surface area contributed by atoms with E-state index in [0.717, 1.165) is 13.1 Å². The SMILES string of the molecule is COc1cccc(C(=O)N(CCN2CCOCC2)Cc2cnc(S(=O)(=O)Cc3cccc(Cl)c3)n2C(C)C)c1. The predicted octanol–water partition coefficient (Wildman–Crippen LogP) is 4.07. The molecule has 210 valence electrons. The molecular formula is C28H35ClN4O5S. The number of hydrogen-bond donors (Lipinski definition) is 0. The van der Waals surface area contributed by atoms with Gasteiger partial charge in [-0.3, -0.25) is 9.69 Å². The van der Waals surface area contributed by atoms with Gasteiger partial charge in [-0.2, -0.15) is 0 Å². The molecule has 1 aliphatic rings. The molecule has 1 aliphatic heterocycles. The summed E-state index contributed by atoms with van der Waals surface area (Å²) in [6.07, 6.45) is 1.56. The highest BCUT2D eigenvalue weighted by Crippen LogP contribution is 2.24. The first-order valence-electron chi connectivity index (χ1n) is 12.9. The molecule has 9 nitrogen and oxygen atoms in total. The Balaban J connectivity index is 1.63. The van der Waals surface area contributed by atoms with Crippen LogP contribution < -0.4 is 4.74 Å². The Morgan fingerprint density at radius 3 is 2.59 bits per heavy atom. The van der Waals surface area contributed by atoms with Crippen LogP contribution >= 0.6 is 11.6 Å². The summed E-state index contributed by atoms with van der Waals surface area (Å²) in [7, 11) is -2.22. The Hall–Kier alpha value is -2.92. The summed E-state index contributed by atoms with van der Waals surface area (Å²) in [5.41, 5.74) is 1.73. The van der Waals surface area contributed by atoms with Crippen molar-refractivity contribution in [2.75, 3.05) is 46.5 Å². The Bertz CT molecular complexity index is 1390. The maximum Gasteiger partial charge on any atom is 0.254 e. The number of nitrogens with zero attached hydrogens (tertiary/aromatic N) is 4. The monoisotopic (exact) mass is 574 g/mol. The highest BCUT2D eigenvalue weighted by atomic mass is 35.5. The zero-order valence-corrected chi connectivity index (χ0v) is 24.1. The van der Waals surface area contributed by atoms with Crippen LogP contribution in [0.2, 0.25) is 5.02 Å². The minimum absolute atomic E-state index is 0.0190. The highest BCUT2D eigenvalue weighted by molar-refractivity contribution is 7.90. The van der Waals surface area contributed by atoms with Crippen LogP contribution in [0.5, 0.6) is 5.75 Å². The van der Waals surface area contributed by atoms with E-state index in [1.54, 1.807) is 71.3 Å². The van der Waals surface area contributed by atoms with Crippen molar-refractivity contribution in [3.63, 3.8) is 0 Å². The number of halogens is 1. The number of ether oxygens (including phenoxy) is 2. The third-order valence-corrected chi connectivity index (χ3v) is 8.43. The van der Waals surface area contributed by atoms with Crippen LogP contribution in [0, 0.1) is 0 Å². The summed E-state index contributed by atoms with van der Waals surface area (Å²) < 4.78 is 39.4. The number of benzene rings is 2. The van der Waals surface area contributed by atoms with Gasteiger partial charge in [-0.05, 0) is 49.7 Å². The van der Waals surface area contributed by atoms with Crippen molar-refractivity contribution in [3.05, 3.63) is 76.6 Å². The molecule has 0 saturated carbocycles. The first kappa shape index (κ1) is 29.1. The molecule has 0 radical (unpaired) electrons. The van der Waals surface area contributed by atoms with Crippen molar-refractivity contribution in [2.45, 2.75) is 37.3 Å². The molecule has 3 aromatic rings. The van der Waals surface area contributed by atoms with E-state index in [1.165, 1.54) is 0 Å². The minimum atomic E-state index is -3.78. The molecule has 2 heterocycles. The molecule has 0 spiro atoms. The number of imidazole rings is 1. The Kier molecular flexibility index (Phi) is 9.66. The lowest BCUT2D eigenvalue weighted by atomic mass is 10.1. The largest absolute Gasteiger partial charge is 0.497 e. The topological polar surface area (TPSA) is 94.0 Å². The van der Waals surface area contributed by atoms with Gasteiger partial charge >= 0.3 is 0 Å². The second kappa shape index (κ2) is 13.0. The number of morpholine rings is 1. The number of hydrogen-bond acceptors (Lipinski definition) is 7. The fourth-order valence-corrected chi connectivity index (χ4v) is 6.46. The van der Waals surface area contributed by atoms with Crippen molar-refractivity contribution in [1.29, 1.82) is 0 Å². The molecule has 0 unspecified atom stereocenters. The van der Waals surface area contributed by atoms with Crippen molar-refractivity contribution in [2.24, 2.45) is 0 Å². The number of amides is 1. The number of carbonyl (C=O) groups excluding carboxylic acids is 1. The van der Waals surface area contributed by atoms with Crippen LogP contribution in [0.15, 0.2) is 59.9 Å². The fourth-order valence-electron chi connectivity index (χ4n) is 4.66. The number of methoxy groups -OCH3 is 1. The second-order valence-corrected chi connectivity index (χ2v) is 12.1. The van der Waals surface area contributed by atoms with Gasteiger partial charge in [-0.25, -0.2) is 13.4 Å². The van der Waals surface area contributed by atoms with Crippen LogP contribution in [0.25, 0.3) is 0 Å². The molecule has 0 bridgehead atoms. The molecule has 1 amide bonds. The van der Waals surface area contributed by atoms with Gasteiger partial charge in [-0.15, -0.1) is 0 Å². The summed E-state index contributed by atoms with van der Waals surface area (Å²) in [4.78, 5) is 22.1. The first-order valence-corrected chi connectivity index (χ1v) is 15.0. The van der Waals surface area contributed by atoms with Gasteiger partial charge in [0.05, 0.1) is 44.5 Å². The molecule has 0 atom stereocenters. The van der Waals surface area contributed by atoms with E-state index in [0.29, 0.717) is 53.9 Å². The van der Waals surface area contributed by atoms with E-state index in [4.69, 9.17) is 21.1 Å². The minimum Gasteiger partial charge on any atom is -0.497 e. The lowest BCUT2D eigenvalue weighted by molar-refractivity contribution is 0.0318. The molecule has 1 fully saturated rings. The average Bonchev–Trinajstić information content (AvgIpc) is 3.36. The smallest absolute Gasteiger partial charge is 0.254 e. The van der Waals surface area contributed by atoms with Crippen LogP contribution in [-0.4, -0.2) is 80.2 Å². The quantitative estimate of drug-likeness (QED) is 0.341. The summed E-state index contributed by atoms with van der Waals surface area (Å²) in [5.74, 6) is 0.206. The van der Waals surface area contributed by atoms with E-state index >= 15 is 0 Å². The molecule has 4 rings (SSSR count). The second-order valence-electron chi connectivity index (χ2n) is 9.80. The summed E-state index contributed by atoms with van der Waals surface area (Å²) >= 11 is 6.08. The maximum atomic E-state index is 13.7. The molecule has 1 saturated heterocycles. The van der Waals surface area contributed by atoms with Crippen LogP contribution in [0.1, 0.15) is 41.5 Å². The summed E-state index contributed by atoms with van der Waals surface area (Å²) in [6, 6.07) is 13.7. The van der Waals surface area contributed by atoms with Crippen LogP contribution in [0.3, 0.4) is 0 Å². The molecule has 1 aromatic heterocycles. The fraction of sp³-hybridized carbons (Fsp3) is 0.429. The van der Waals surface area contributed by atoms with Gasteiger partial charge in [0, 0.05) is 42.8 Å². The molecule has 0 N–H and O–H groups in total. The van der Waals surface area contributed by atoms with Gasteiger partial charge in [0.15, 0.2) is 0 Å². The van der Waals surface area contributed by atoms with Gasteiger partial charge < -0.3 is 18.9 Å². The average molecular weight is 575 g/mol. The predicted molar refractivity (Wildman–Crippen MR) is 150 cm³/mol. The number of aromatic nitrogens is 2. The van der Waals surface area contributed by atoms with Crippen LogP contribution in [-0.2, 0) is 26.9 Å². The third-order valence-electron chi connectivity index (χ3n) is 6.63. The Morgan fingerprint density at radius 1 is 1.15 bits per heavy atom. The van der Waals surface area contributed by atoms with E-state index in [2.05, 4.69) is 9.88 Å². The van der Waals surface area contributed by atoms with Gasteiger partial charge in [0.1, 0.15) is 5.75 Å². The molecule has 39 heavy (non-hydrogen) atoms. The highest BCUT2D eigenvalue weighted by Gasteiger charge is 2.28. The van der Waals surface area contributed by atoms with E-state index in [1.807, 2.05) is 13.8 Å². The van der Waals surface area contributed by atoms with Crippen molar-refractivity contribution in [3.8, 4) is 5.75 Å². The van der Waals surface area contributed by atoms with E-state index in [9.17, 15) is 13.2 Å². The summed E-state index contributed by atoms with van der Waals surface area (Å²) in [5, 5.41) is 0.456. The summed E-state index contributed by atoms with van der Waals surface area (Å²) in [6.45, 7) is 8.09. The van der Waals surface area contributed by atoms with E-state index in [-0.39, 0.29) is 29.4 Å². The first-order chi connectivity index (χ1) is 18.7. The van der Waals surface area contributed by atoms with Gasteiger partial charge in [0.25, 0.3) is 5.91 Å². The Labute approximate surface area is 235 Å². The molecule has 11 heteroatoms. The number of sulfone groups is 1. The zero-order chi connectivity index (χ0) is 28.0. The molecular weight excluding hydrogens is 540 g/mol. The van der Waals surface area contributed by atoms with Gasteiger partial charge in [0.2, 0.25) is 15.0 Å². The molecule has 2 aromatic carbocycles. The van der Waals surface area contributed by atoms with Crippen molar-refractivity contribution < 1.29 is 22.7 Å². The van der Waals surface area contributed by atoms with Crippen LogP contribution in [0.4, 0.5) is 0 Å². The van der Waals surface area contributed by atoms with E-state index < -0.39 is 9.84 Å². The normalized spacial score (nSPS) is 14.5. The number of carbonyl (C=O) groups is 1. The number of rotatable bonds is 11.